The minimum absolute atomic E-state index is 0.0167. The monoisotopic (exact) mass is 365 g/mol. The first kappa shape index (κ1) is 17.5. The molecule has 1 N–H and O–H groups in total. The van der Waals surface area contributed by atoms with Crippen molar-refractivity contribution in [3.63, 3.8) is 0 Å². The number of aryl methyl sites for hydroxylation is 2. The van der Waals surface area contributed by atoms with Crippen molar-refractivity contribution in [3.05, 3.63) is 59.9 Å². The van der Waals surface area contributed by atoms with E-state index < -0.39 is 5.54 Å². The molecule has 0 spiro atoms. The average Bonchev–Trinajstić information content (AvgIpc) is 3.42. The number of nitrogens with zero attached hydrogens (tertiary/aromatic N) is 2. The number of rotatable bonds is 6. The molecule has 0 bridgehead atoms. The van der Waals surface area contributed by atoms with Gasteiger partial charge >= 0.3 is 0 Å². The van der Waals surface area contributed by atoms with Crippen LogP contribution in [0.25, 0.3) is 11.3 Å². The van der Waals surface area contributed by atoms with Crippen LogP contribution in [-0.2, 0) is 16.8 Å². The number of hydrogen-bond donors (Lipinski definition) is 1. The van der Waals surface area contributed by atoms with Crippen LogP contribution in [0.15, 0.2) is 51.4 Å². The zero-order chi connectivity index (χ0) is 18.7. The third kappa shape index (κ3) is 3.79. The number of carbonyl (C=O) groups is 1. The molecule has 0 atom stereocenters. The Hall–Kier alpha value is -2.89. The highest BCUT2D eigenvalue weighted by Gasteiger charge is 2.41. The van der Waals surface area contributed by atoms with Crippen LogP contribution in [0.1, 0.15) is 49.6 Å². The van der Waals surface area contributed by atoms with Gasteiger partial charge in [0.2, 0.25) is 11.8 Å². The van der Waals surface area contributed by atoms with Crippen molar-refractivity contribution in [1.29, 1.82) is 0 Å². The molecule has 0 saturated heterocycles. The van der Waals surface area contributed by atoms with Gasteiger partial charge in [-0.1, -0.05) is 48.3 Å². The van der Waals surface area contributed by atoms with Crippen LogP contribution in [0.2, 0.25) is 0 Å². The molecule has 1 aliphatic carbocycles. The number of aromatic nitrogens is 2. The van der Waals surface area contributed by atoms with Crippen molar-refractivity contribution in [2.45, 2.75) is 51.0 Å². The topological polar surface area (TPSA) is 81.2 Å². The maximum Gasteiger partial charge on any atom is 0.223 e. The first-order chi connectivity index (χ1) is 13.1. The molecule has 6 nitrogen and oxygen atoms in total. The maximum absolute atomic E-state index is 12.6. The molecule has 1 saturated carbocycles. The summed E-state index contributed by atoms with van der Waals surface area (Å²) in [5.74, 6) is 2.72. The summed E-state index contributed by atoms with van der Waals surface area (Å²) in [5, 5.41) is 7.22. The van der Waals surface area contributed by atoms with Gasteiger partial charge in [0.25, 0.3) is 0 Å². The second-order valence-corrected chi connectivity index (χ2v) is 7.11. The zero-order valence-corrected chi connectivity index (χ0v) is 15.4. The molecule has 140 valence electrons. The number of furan rings is 1. The summed E-state index contributed by atoms with van der Waals surface area (Å²) in [6.07, 6.45) is 4.70. The van der Waals surface area contributed by atoms with Crippen LogP contribution in [0.4, 0.5) is 0 Å². The Balaban J connectivity index is 1.39. The Bertz CT molecular complexity index is 908. The second kappa shape index (κ2) is 7.39. The van der Waals surface area contributed by atoms with Gasteiger partial charge in [0.05, 0.1) is 0 Å². The van der Waals surface area contributed by atoms with E-state index in [1.54, 1.807) is 6.92 Å². The van der Waals surface area contributed by atoms with E-state index in [0.717, 1.165) is 42.8 Å². The Morgan fingerprint density at radius 3 is 2.63 bits per heavy atom. The molecular weight excluding hydrogens is 342 g/mol. The van der Waals surface area contributed by atoms with Gasteiger partial charge in [0.15, 0.2) is 5.82 Å². The van der Waals surface area contributed by atoms with Gasteiger partial charge in [-0.3, -0.25) is 4.79 Å². The molecule has 3 aromatic rings. The average molecular weight is 365 g/mol. The molecule has 0 radical (unpaired) electrons. The summed E-state index contributed by atoms with van der Waals surface area (Å²) >= 11 is 0. The molecule has 2 aromatic heterocycles. The molecule has 0 aliphatic heterocycles. The van der Waals surface area contributed by atoms with Gasteiger partial charge in [-0.05, 0) is 25.0 Å². The van der Waals surface area contributed by atoms with Crippen molar-refractivity contribution in [2.75, 3.05) is 0 Å². The quantitative estimate of drug-likeness (QED) is 0.709. The lowest BCUT2D eigenvalue weighted by Gasteiger charge is -2.26. The van der Waals surface area contributed by atoms with Gasteiger partial charge in [0.1, 0.15) is 17.1 Å². The summed E-state index contributed by atoms with van der Waals surface area (Å²) in [5.41, 5.74) is 0.540. The first-order valence-corrected chi connectivity index (χ1v) is 9.41. The molecule has 4 rings (SSSR count). The fraction of sp³-hybridized carbons (Fsp3) is 0.381. The number of benzene rings is 1. The van der Waals surface area contributed by atoms with Gasteiger partial charge in [-0.2, -0.15) is 4.98 Å². The molecule has 2 heterocycles. The Morgan fingerprint density at radius 1 is 1.15 bits per heavy atom. The summed E-state index contributed by atoms with van der Waals surface area (Å²) in [4.78, 5) is 17.0. The van der Waals surface area contributed by atoms with E-state index in [4.69, 9.17) is 8.94 Å². The van der Waals surface area contributed by atoms with E-state index in [2.05, 4.69) is 15.5 Å². The normalized spacial score (nSPS) is 15.7. The van der Waals surface area contributed by atoms with Crippen molar-refractivity contribution >= 4 is 5.91 Å². The standard InChI is InChI=1S/C21H23N3O3/c1-15-22-20(24-27-15)21(13-5-6-14-21)23-19(25)12-10-17-9-11-18(26-17)16-7-3-2-4-8-16/h2-4,7-9,11H,5-6,10,12-14H2,1H3,(H,23,25). The molecule has 1 aromatic carbocycles. The van der Waals surface area contributed by atoms with Crippen LogP contribution < -0.4 is 5.32 Å². The van der Waals surface area contributed by atoms with Gasteiger partial charge in [-0.25, -0.2) is 0 Å². The van der Waals surface area contributed by atoms with Crippen molar-refractivity contribution in [3.8, 4) is 11.3 Å². The van der Waals surface area contributed by atoms with Crippen LogP contribution in [0.3, 0.4) is 0 Å². The van der Waals surface area contributed by atoms with E-state index in [1.165, 1.54) is 0 Å². The maximum atomic E-state index is 12.6. The lowest BCUT2D eigenvalue weighted by atomic mass is 9.96. The van der Waals surface area contributed by atoms with Gasteiger partial charge < -0.3 is 14.3 Å². The zero-order valence-electron chi connectivity index (χ0n) is 15.4. The van der Waals surface area contributed by atoms with Crippen LogP contribution in [0.5, 0.6) is 0 Å². The minimum Gasteiger partial charge on any atom is -0.461 e. The van der Waals surface area contributed by atoms with E-state index in [1.807, 2.05) is 42.5 Å². The summed E-state index contributed by atoms with van der Waals surface area (Å²) in [6.45, 7) is 1.77. The van der Waals surface area contributed by atoms with Crippen LogP contribution >= 0.6 is 0 Å². The molecule has 1 fully saturated rings. The summed E-state index contributed by atoms with van der Waals surface area (Å²) in [6, 6.07) is 13.8. The fourth-order valence-electron chi connectivity index (χ4n) is 3.71. The Morgan fingerprint density at radius 2 is 1.93 bits per heavy atom. The highest BCUT2D eigenvalue weighted by molar-refractivity contribution is 5.77. The fourth-order valence-corrected chi connectivity index (χ4v) is 3.71. The Kier molecular flexibility index (Phi) is 4.79. The molecule has 1 aliphatic rings. The smallest absolute Gasteiger partial charge is 0.223 e. The molecular formula is C21H23N3O3. The number of amides is 1. The van der Waals surface area contributed by atoms with Crippen molar-refractivity contribution in [1.82, 2.24) is 15.5 Å². The lowest BCUT2D eigenvalue weighted by molar-refractivity contribution is -0.123. The van der Waals surface area contributed by atoms with E-state index in [9.17, 15) is 4.79 Å². The summed E-state index contributed by atoms with van der Waals surface area (Å²) < 4.78 is 11.0. The lowest BCUT2D eigenvalue weighted by Crippen LogP contribution is -2.44. The summed E-state index contributed by atoms with van der Waals surface area (Å²) in [7, 11) is 0. The minimum atomic E-state index is -0.493. The van der Waals surface area contributed by atoms with E-state index in [-0.39, 0.29) is 5.91 Å². The largest absolute Gasteiger partial charge is 0.461 e. The SMILES string of the molecule is Cc1nc(C2(NC(=O)CCc3ccc(-c4ccccc4)o3)CCCC2)no1. The van der Waals surface area contributed by atoms with E-state index in [0.29, 0.717) is 24.6 Å². The van der Waals surface area contributed by atoms with Gasteiger partial charge in [0, 0.05) is 25.3 Å². The number of carbonyl (C=O) groups excluding carboxylic acids is 1. The van der Waals surface area contributed by atoms with Crippen molar-refractivity contribution < 1.29 is 13.7 Å². The third-order valence-corrected chi connectivity index (χ3v) is 5.11. The van der Waals surface area contributed by atoms with Crippen LogP contribution in [-0.4, -0.2) is 16.0 Å². The predicted molar refractivity (Wildman–Crippen MR) is 99.8 cm³/mol. The first-order valence-electron chi connectivity index (χ1n) is 9.41. The van der Waals surface area contributed by atoms with E-state index >= 15 is 0 Å². The van der Waals surface area contributed by atoms with Gasteiger partial charge in [-0.15, -0.1) is 0 Å². The molecule has 1 amide bonds. The highest BCUT2D eigenvalue weighted by atomic mass is 16.5. The molecule has 27 heavy (non-hydrogen) atoms. The Labute approximate surface area is 158 Å². The molecule has 6 heteroatoms. The van der Waals surface area contributed by atoms with Crippen LogP contribution in [0, 0.1) is 6.92 Å². The highest BCUT2D eigenvalue weighted by Crippen LogP contribution is 2.37. The molecule has 0 unspecified atom stereocenters. The third-order valence-electron chi connectivity index (χ3n) is 5.11. The second-order valence-electron chi connectivity index (χ2n) is 7.11. The van der Waals surface area contributed by atoms with Crippen molar-refractivity contribution in [2.24, 2.45) is 0 Å². The number of nitrogens with one attached hydrogen (secondary N) is 1. The number of hydrogen-bond acceptors (Lipinski definition) is 5. The predicted octanol–water partition coefficient (Wildman–Crippen LogP) is 4.16.